The second-order valence-corrected chi connectivity index (χ2v) is 7.55. The maximum atomic E-state index is 12.6. The van der Waals surface area contributed by atoms with Crippen LogP contribution in [0.3, 0.4) is 0 Å². The molecule has 4 rings (SSSR count). The molecule has 0 bridgehead atoms. The van der Waals surface area contributed by atoms with Gasteiger partial charge in [0.25, 0.3) is 5.91 Å². The molecule has 3 aromatic rings. The van der Waals surface area contributed by atoms with Crippen molar-refractivity contribution in [2.45, 2.75) is 25.4 Å². The largest absolute Gasteiger partial charge is 0.272 e. The number of carbonyl (C=O) groups excluding carboxylic acids is 1. The van der Waals surface area contributed by atoms with E-state index in [9.17, 15) is 4.79 Å². The summed E-state index contributed by atoms with van der Waals surface area (Å²) in [7, 11) is 0. The number of rotatable bonds is 5. The van der Waals surface area contributed by atoms with E-state index in [-0.39, 0.29) is 11.7 Å². The van der Waals surface area contributed by atoms with Crippen LogP contribution in [0.15, 0.2) is 58.8 Å². The van der Waals surface area contributed by atoms with Gasteiger partial charge >= 0.3 is 0 Å². The van der Waals surface area contributed by atoms with Gasteiger partial charge in [0.2, 0.25) is 5.16 Å². The van der Waals surface area contributed by atoms with Crippen molar-refractivity contribution in [3.05, 3.63) is 65.2 Å². The lowest BCUT2D eigenvalue weighted by atomic mass is 10.1. The Morgan fingerprint density at radius 3 is 2.71 bits per heavy atom. The lowest BCUT2D eigenvalue weighted by Crippen LogP contribution is -2.25. The van der Waals surface area contributed by atoms with Crippen LogP contribution in [0, 0.1) is 13.8 Å². The molecule has 1 aliphatic heterocycles. The third-order valence-corrected chi connectivity index (χ3v) is 5.60. The molecule has 0 N–H and O–H groups in total. The highest BCUT2D eigenvalue weighted by Crippen LogP contribution is 2.21. The van der Waals surface area contributed by atoms with Gasteiger partial charge in [-0.1, -0.05) is 48.2 Å². The molecule has 0 saturated heterocycles. The lowest BCUT2D eigenvalue weighted by molar-refractivity contribution is -0.127. The molecule has 0 atom stereocenters. The van der Waals surface area contributed by atoms with Gasteiger partial charge in [0, 0.05) is 6.42 Å². The molecule has 2 aromatic carbocycles. The van der Waals surface area contributed by atoms with Crippen molar-refractivity contribution in [3.8, 4) is 5.69 Å². The van der Waals surface area contributed by atoms with Crippen molar-refractivity contribution < 1.29 is 4.79 Å². The van der Waals surface area contributed by atoms with Crippen LogP contribution >= 0.6 is 11.8 Å². The van der Waals surface area contributed by atoms with E-state index >= 15 is 0 Å². The molecule has 0 spiro atoms. The molecular formula is C20H20N6OS. The van der Waals surface area contributed by atoms with Gasteiger partial charge in [0.1, 0.15) is 0 Å². The summed E-state index contributed by atoms with van der Waals surface area (Å²) < 4.78 is 1.66. The number of nitrogens with zero attached hydrogens (tertiary/aromatic N) is 6. The van der Waals surface area contributed by atoms with Crippen LogP contribution in [0.4, 0.5) is 0 Å². The average Bonchev–Trinajstić information content (AvgIpc) is 3.39. The van der Waals surface area contributed by atoms with Crippen LogP contribution < -0.4 is 0 Å². The van der Waals surface area contributed by atoms with Crippen LogP contribution in [-0.4, -0.2) is 49.1 Å². The third kappa shape index (κ3) is 3.82. The molecule has 1 aliphatic rings. The number of benzene rings is 2. The van der Waals surface area contributed by atoms with E-state index in [0.717, 1.165) is 23.4 Å². The molecule has 142 valence electrons. The molecule has 0 aliphatic carbocycles. The Bertz CT molecular complexity index is 1030. The number of aryl methyl sites for hydroxylation is 2. The predicted octanol–water partition coefficient (Wildman–Crippen LogP) is 3.01. The minimum absolute atomic E-state index is 0.0504. The van der Waals surface area contributed by atoms with Gasteiger partial charge in [-0.15, -0.1) is 5.10 Å². The summed E-state index contributed by atoms with van der Waals surface area (Å²) in [5.74, 6) is 0.183. The first-order valence-electron chi connectivity index (χ1n) is 9.04. The van der Waals surface area contributed by atoms with E-state index in [1.165, 1.54) is 22.9 Å². The smallest absolute Gasteiger partial charge is 0.253 e. The average molecular weight is 392 g/mol. The van der Waals surface area contributed by atoms with Crippen molar-refractivity contribution in [1.82, 2.24) is 25.2 Å². The van der Waals surface area contributed by atoms with Gasteiger partial charge in [0.05, 0.1) is 23.7 Å². The lowest BCUT2D eigenvalue weighted by Gasteiger charge is -2.11. The number of amides is 1. The normalized spacial score (nSPS) is 13.6. The Morgan fingerprint density at radius 2 is 1.93 bits per heavy atom. The summed E-state index contributed by atoms with van der Waals surface area (Å²) >= 11 is 1.32. The molecule has 1 aromatic heterocycles. The van der Waals surface area contributed by atoms with E-state index in [4.69, 9.17) is 0 Å². The number of carbonyl (C=O) groups is 1. The molecule has 28 heavy (non-hydrogen) atoms. The van der Waals surface area contributed by atoms with Gasteiger partial charge in [-0.05, 0) is 53.1 Å². The molecule has 8 heteroatoms. The SMILES string of the molecule is Cc1ccc(-n2nnnc2SCC(=O)N2CCC(c3ccccc3)=N2)cc1C. The quantitative estimate of drug-likeness (QED) is 0.624. The van der Waals surface area contributed by atoms with Crippen molar-refractivity contribution in [2.75, 3.05) is 12.3 Å². The summed E-state index contributed by atoms with van der Waals surface area (Å²) in [5, 5.41) is 18.5. The monoisotopic (exact) mass is 392 g/mol. The molecule has 0 saturated carbocycles. The van der Waals surface area contributed by atoms with Crippen LogP contribution in [-0.2, 0) is 4.79 Å². The van der Waals surface area contributed by atoms with Gasteiger partial charge in [-0.2, -0.15) is 9.78 Å². The minimum atomic E-state index is -0.0504. The number of aromatic nitrogens is 4. The molecule has 0 fully saturated rings. The Kier molecular flexibility index (Phi) is 5.21. The Balaban J connectivity index is 1.43. The molecule has 1 amide bonds. The standard InChI is InChI=1S/C20H20N6OS/c1-14-8-9-17(12-15(14)2)26-20(21-23-24-26)28-13-19(27)25-11-10-18(22-25)16-6-4-3-5-7-16/h3-9,12H,10-11,13H2,1-2H3. The molecule has 2 heterocycles. The van der Waals surface area contributed by atoms with Crippen LogP contribution in [0.1, 0.15) is 23.1 Å². The number of hydrogen-bond donors (Lipinski definition) is 0. The Hall–Kier alpha value is -3.00. The van der Waals surface area contributed by atoms with Crippen molar-refractivity contribution in [2.24, 2.45) is 5.10 Å². The Morgan fingerprint density at radius 1 is 1.11 bits per heavy atom. The zero-order valence-electron chi connectivity index (χ0n) is 15.7. The number of hydrogen-bond acceptors (Lipinski definition) is 6. The summed E-state index contributed by atoms with van der Waals surface area (Å²) in [4.78, 5) is 12.6. The van der Waals surface area contributed by atoms with Crippen molar-refractivity contribution >= 4 is 23.4 Å². The fourth-order valence-corrected chi connectivity index (χ4v) is 3.72. The van der Waals surface area contributed by atoms with E-state index in [0.29, 0.717) is 11.7 Å². The number of thioether (sulfide) groups is 1. The highest BCUT2D eigenvalue weighted by Gasteiger charge is 2.22. The van der Waals surface area contributed by atoms with E-state index in [1.54, 1.807) is 9.69 Å². The predicted molar refractivity (Wildman–Crippen MR) is 109 cm³/mol. The van der Waals surface area contributed by atoms with Crippen LogP contribution in [0.5, 0.6) is 0 Å². The molecule has 7 nitrogen and oxygen atoms in total. The second-order valence-electron chi connectivity index (χ2n) is 6.61. The maximum absolute atomic E-state index is 12.6. The summed E-state index contributed by atoms with van der Waals surface area (Å²) in [5.41, 5.74) is 5.26. The molecule has 0 radical (unpaired) electrons. The summed E-state index contributed by atoms with van der Waals surface area (Å²) in [6.45, 7) is 4.72. The van der Waals surface area contributed by atoms with Crippen molar-refractivity contribution in [3.63, 3.8) is 0 Å². The summed E-state index contributed by atoms with van der Waals surface area (Å²) in [6.07, 6.45) is 0.765. The second kappa shape index (κ2) is 7.93. The zero-order valence-corrected chi connectivity index (χ0v) is 16.6. The van der Waals surface area contributed by atoms with Gasteiger partial charge in [-0.25, -0.2) is 5.01 Å². The number of hydrazone groups is 1. The van der Waals surface area contributed by atoms with Gasteiger partial charge in [0.15, 0.2) is 0 Å². The molecule has 0 unspecified atom stereocenters. The topological polar surface area (TPSA) is 76.3 Å². The van der Waals surface area contributed by atoms with E-state index in [1.807, 2.05) is 48.5 Å². The van der Waals surface area contributed by atoms with Gasteiger partial charge < -0.3 is 0 Å². The van der Waals surface area contributed by atoms with Crippen LogP contribution in [0.2, 0.25) is 0 Å². The first kappa shape index (κ1) is 18.4. The fourth-order valence-electron chi connectivity index (χ4n) is 2.96. The summed E-state index contributed by atoms with van der Waals surface area (Å²) in [6, 6.07) is 16.0. The first-order chi connectivity index (χ1) is 13.6. The van der Waals surface area contributed by atoms with Crippen molar-refractivity contribution in [1.29, 1.82) is 0 Å². The zero-order chi connectivity index (χ0) is 19.5. The number of tetrazole rings is 1. The first-order valence-corrected chi connectivity index (χ1v) is 10.0. The van der Waals surface area contributed by atoms with E-state index in [2.05, 4.69) is 34.5 Å². The Labute approximate surface area is 167 Å². The maximum Gasteiger partial charge on any atom is 0.253 e. The third-order valence-electron chi connectivity index (χ3n) is 4.70. The van der Waals surface area contributed by atoms with Gasteiger partial charge in [-0.3, -0.25) is 4.79 Å². The fraction of sp³-hybridized carbons (Fsp3) is 0.250. The highest BCUT2D eigenvalue weighted by atomic mass is 32.2. The van der Waals surface area contributed by atoms with E-state index < -0.39 is 0 Å². The highest BCUT2D eigenvalue weighted by molar-refractivity contribution is 7.99. The van der Waals surface area contributed by atoms with Crippen LogP contribution in [0.25, 0.3) is 5.69 Å². The molecular weight excluding hydrogens is 372 g/mol. The minimum Gasteiger partial charge on any atom is -0.272 e.